The summed E-state index contributed by atoms with van der Waals surface area (Å²) < 4.78 is 16.4. The molecule has 0 spiro atoms. The summed E-state index contributed by atoms with van der Waals surface area (Å²) in [4.78, 5) is 21.8. The van der Waals surface area contributed by atoms with Crippen molar-refractivity contribution in [1.29, 1.82) is 0 Å². The SMILES string of the molecule is COC(=O)C=Cc1cccc(COc2ccc(Oc3c(C)cc([N+](=O)[O-])cc3C)cc2)c1. The van der Waals surface area contributed by atoms with Gasteiger partial charge in [0.25, 0.3) is 5.69 Å². The van der Waals surface area contributed by atoms with Crippen molar-refractivity contribution < 1.29 is 23.9 Å². The minimum absolute atomic E-state index is 0.0426. The van der Waals surface area contributed by atoms with Crippen LogP contribution in [0.2, 0.25) is 0 Å². The molecule has 0 unspecified atom stereocenters. The van der Waals surface area contributed by atoms with Gasteiger partial charge in [-0.05, 0) is 72.5 Å². The molecule has 0 fully saturated rings. The highest BCUT2D eigenvalue weighted by Crippen LogP contribution is 2.32. The molecular weight excluding hydrogens is 410 g/mol. The highest BCUT2D eigenvalue weighted by Gasteiger charge is 2.13. The lowest BCUT2D eigenvalue weighted by molar-refractivity contribution is -0.385. The predicted octanol–water partition coefficient (Wildman–Crippen LogP) is 5.77. The van der Waals surface area contributed by atoms with E-state index in [1.54, 1.807) is 44.2 Å². The summed E-state index contributed by atoms with van der Waals surface area (Å²) in [6.45, 7) is 3.92. The maximum atomic E-state index is 11.2. The molecule has 0 saturated carbocycles. The van der Waals surface area contributed by atoms with E-state index < -0.39 is 10.9 Å². The summed E-state index contributed by atoms with van der Waals surface area (Å²) in [7, 11) is 1.33. The Hall–Kier alpha value is -4.13. The zero-order valence-corrected chi connectivity index (χ0v) is 18.0. The third-order valence-electron chi connectivity index (χ3n) is 4.67. The van der Waals surface area contributed by atoms with Crippen LogP contribution in [-0.2, 0) is 16.1 Å². The first-order valence-corrected chi connectivity index (χ1v) is 9.87. The smallest absolute Gasteiger partial charge is 0.330 e. The average molecular weight is 433 g/mol. The Labute approximate surface area is 186 Å². The van der Waals surface area contributed by atoms with E-state index in [1.165, 1.54) is 25.3 Å². The summed E-state index contributed by atoms with van der Waals surface area (Å²) in [6, 6.07) is 17.8. The van der Waals surface area contributed by atoms with Gasteiger partial charge in [-0.25, -0.2) is 4.79 Å². The number of nitro groups is 1. The number of carbonyl (C=O) groups is 1. The van der Waals surface area contributed by atoms with E-state index in [2.05, 4.69) is 4.74 Å². The first-order chi connectivity index (χ1) is 15.4. The second-order valence-corrected chi connectivity index (χ2v) is 7.13. The van der Waals surface area contributed by atoms with Gasteiger partial charge in [-0.1, -0.05) is 18.2 Å². The number of hydrogen-bond donors (Lipinski definition) is 0. The molecule has 0 aromatic heterocycles. The molecule has 3 aromatic rings. The molecule has 0 saturated heterocycles. The van der Waals surface area contributed by atoms with Gasteiger partial charge in [0.1, 0.15) is 23.9 Å². The first kappa shape index (κ1) is 22.6. The van der Waals surface area contributed by atoms with Crippen molar-refractivity contribution in [1.82, 2.24) is 0 Å². The van der Waals surface area contributed by atoms with Crippen LogP contribution >= 0.6 is 0 Å². The summed E-state index contributed by atoms with van der Waals surface area (Å²) in [5.74, 6) is 1.46. The van der Waals surface area contributed by atoms with Crippen molar-refractivity contribution in [2.45, 2.75) is 20.5 Å². The van der Waals surface area contributed by atoms with Gasteiger partial charge in [0, 0.05) is 18.2 Å². The van der Waals surface area contributed by atoms with Crippen molar-refractivity contribution in [3.63, 3.8) is 0 Å². The largest absolute Gasteiger partial charge is 0.489 e. The molecule has 0 atom stereocenters. The lowest BCUT2D eigenvalue weighted by atomic mass is 10.1. The minimum Gasteiger partial charge on any atom is -0.489 e. The molecule has 0 heterocycles. The van der Waals surface area contributed by atoms with Gasteiger partial charge in [-0.2, -0.15) is 0 Å². The second kappa shape index (κ2) is 10.3. The topological polar surface area (TPSA) is 87.9 Å². The number of nitrogens with zero attached hydrogens (tertiary/aromatic N) is 1. The average Bonchev–Trinajstić information content (AvgIpc) is 2.79. The van der Waals surface area contributed by atoms with Crippen molar-refractivity contribution in [3.8, 4) is 17.2 Å². The number of hydrogen-bond acceptors (Lipinski definition) is 6. The standard InChI is InChI=1S/C25H23NO6/c1-17-13-21(26(28)29)14-18(2)25(17)32-23-10-8-22(9-11-23)31-16-20-6-4-5-19(15-20)7-12-24(27)30-3/h4-15H,16H2,1-3H3. The van der Waals surface area contributed by atoms with Crippen LogP contribution in [0.5, 0.6) is 17.2 Å². The number of non-ortho nitro benzene ring substituents is 1. The molecule has 3 rings (SSSR count). The molecule has 0 radical (unpaired) electrons. The number of rotatable bonds is 8. The van der Waals surface area contributed by atoms with Crippen molar-refractivity contribution in [2.24, 2.45) is 0 Å². The van der Waals surface area contributed by atoms with E-state index in [9.17, 15) is 14.9 Å². The van der Waals surface area contributed by atoms with E-state index in [0.29, 0.717) is 35.0 Å². The van der Waals surface area contributed by atoms with Crippen molar-refractivity contribution in [2.75, 3.05) is 7.11 Å². The molecule has 7 heteroatoms. The number of carbonyl (C=O) groups excluding carboxylic acids is 1. The van der Waals surface area contributed by atoms with Gasteiger partial charge in [0.15, 0.2) is 0 Å². The summed E-state index contributed by atoms with van der Waals surface area (Å²) in [6.07, 6.45) is 3.05. The molecule has 0 N–H and O–H groups in total. The van der Waals surface area contributed by atoms with Crippen LogP contribution in [0.25, 0.3) is 6.08 Å². The number of methoxy groups -OCH3 is 1. The summed E-state index contributed by atoms with van der Waals surface area (Å²) in [5, 5.41) is 11.0. The molecular formula is C25H23NO6. The van der Waals surface area contributed by atoms with Gasteiger partial charge < -0.3 is 14.2 Å². The maximum absolute atomic E-state index is 11.2. The van der Waals surface area contributed by atoms with Crippen molar-refractivity contribution >= 4 is 17.7 Å². The zero-order chi connectivity index (χ0) is 23.1. The monoisotopic (exact) mass is 433 g/mol. The van der Waals surface area contributed by atoms with Gasteiger partial charge >= 0.3 is 5.97 Å². The third-order valence-corrected chi connectivity index (χ3v) is 4.67. The molecule has 32 heavy (non-hydrogen) atoms. The summed E-state index contributed by atoms with van der Waals surface area (Å²) >= 11 is 0. The van der Waals surface area contributed by atoms with Crippen LogP contribution < -0.4 is 9.47 Å². The number of benzene rings is 3. The molecule has 7 nitrogen and oxygen atoms in total. The fourth-order valence-electron chi connectivity index (χ4n) is 3.10. The van der Waals surface area contributed by atoms with Crippen LogP contribution in [0.3, 0.4) is 0 Å². The quantitative estimate of drug-likeness (QED) is 0.194. The first-order valence-electron chi connectivity index (χ1n) is 9.87. The van der Waals surface area contributed by atoms with Crippen LogP contribution in [0.4, 0.5) is 5.69 Å². The Morgan fingerprint density at radius 2 is 1.66 bits per heavy atom. The fraction of sp³-hybridized carbons (Fsp3) is 0.160. The van der Waals surface area contributed by atoms with Gasteiger partial charge in [-0.15, -0.1) is 0 Å². The molecule has 3 aromatic carbocycles. The maximum Gasteiger partial charge on any atom is 0.330 e. The Bertz CT molecular complexity index is 1130. The molecule has 0 amide bonds. The van der Waals surface area contributed by atoms with Crippen LogP contribution in [0.15, 0.2) is 66.7 Å². The lowest BCUT2D eigenvalue weighted by Crippen LogP contribution is -1.97. The minimum atomic E-state index is -0.416. The second-order valence-electron chi connectivity index (χ2n) is 7.13. The van der Waals surface area contributed by atoms with Crippen LogP contribution in [-0.4, -0.2) is 18.0 Å². The zero-order valence-electron chi connectivity index (χ0n) is 18.0. The van der Waals surface area contributed by atoms with Crippen LogP contribution in [0.1, 0.15) is 22.3 Å². The predicted molar refractivity (Wildman–Crippen MR) is 121 cm³/mol. The van der Waals surface area contributed by atoms with E-state index in [-0.39, 0.29) is 5.69 Å². The molecule has 0 aliphatic carbocycles. The fourth-order valence-corrected chi connectivity index (χ4v) is 3.10. The van der Waals surface area contributed by atoms with E-state index in [1.807, 2.05) is 24.3 Å². The Morgan fingerprint density at radius 1 is 1.00 bits per heavy atom. The van der Waals surface area contributed by atoms with Crippen molar-refractivity contribution in [3.05, 3.63) is 99.1 Å². The molecule has 0 aliphatic rings. The van der Waals surface area contributed by atoms with E-state index >= 15 is 0 Å². The van der Waals surface area contributed by atoms with Crippen LogP contribution in [0, 0.1) is 24.0 Å². The van der Waals surface area contributed by atoms with E-state index in [0.717, 1.165) is 11.1 Å². The molecule has 0 aliphatic heterocycles. The Morgan fingerprint density at radius 3 is 2.28 bits per heavy atom. The highest BCUT2D eigenvalue weighted by molar-refractivity contribution is 5.86. The number of nitro benzene ring substituents is 1. The number of ether oxygens (including phenoxy) is 3. The normalized spacial score (nSPS) is 10.7. The molecule has 164 valence electrons. The number of aryl methyl sites for hydroxylation is 2. The Balaban J connectivity index is 1.63. The summed E-state index contributed by atoms with van der Waals surface area (Å²) in [5.41, 5.74) is 3.25. The third kappa shape index (κ3) is 5.95. The molecule has 0 bridgehead atoms. The lowest BCUT2D eigenvalue weighted by Gasteiger charge is -2.12. The van der Waals surface area contributed by atoms with Gasteiger partial charge in [0.05, 0.1) is 12.0 Å². The van der Waals surface area contributed by atoms with E-state index in [4.69, 9.17) is 9.47 Å². The van der Waals surface area contributed by atoms with Gasteiger partial charge in [-0.3, -0.25) is 10.1 Å². The van der Waals surface area contributed by atoms with Gasteiger partial charge in [0.2, 0.25) is 0 Å². The Kier molecular flexibility index (Phi) is 7.23. The number of esters is 1. The highest BCUT2D eigenvalue weighted by atomic mass is 16.6.